The predicted molar refractivity (Wildman–Crippen MR) is 172 cm³/mol. The number of guanidine groups is 2. The first-order valence-corrected chi connectivity index (χ1v) is 15.5. The fourth-order valence-corrected chi connectivity index (χ4v) is 5.11. The van der Waals surface area contributed by atoms with Gasteiger partial charge in [-0.2, -0.15) is 0 Å². The van der Waals surface area contributed by atoms with Crippen molar-refractivity contribution in [1.82, 2.24) is 41.5 Å². The molecule has 1 saturated heterocycles. The molecule has 1 aromatic heterocycles. The van der Waals surface area contributed by atoms with E-state index in [9.17, 15) is 29.1 Å². The molecule has 19 nitrogen and oxygen atoms in total. The lowest BCUT2D eigenvalue weighted by atomic mass is 10.0. The topological polar surface area (TPSA) is 323 Å². The van der Waals surface area contributed by atoms with E-state index in [1.807, 2.05) is 0 Å². The first-order valence-electron chi connectivity index (χ1n) is 15.5. The Labute approximate surface area is 272 Å². The van der Waals surface area contributed by atoms with Gasteiger partial charge in [0.2, 0.25) is 23.6 Å². The van der Waals surface area contributed by atoms with E-state index in [0.29, 0.717) is 44.5 Å². The Kier molecular flexibility index (Phi) is 15.4. The van der Waals surface area contributed by atoms with Crippen LogP contribution in [0.25, 0.3) is 0 Å². The van der Waals surface area contributed by atoms with E-state index in [-0.39, 0.29) is 37.7 Å². The predicted octanol–water partition coefficient (Wildman–Crippen LogP) is -3.01. The number of rotatable bonds is 19. The number of H-pyrrole nitrogens is 1. The first kappa shape index (κ1) is 38.2. The van der Waals surface area contributed by atoms with Gasteiger partial charge >= 0.3 is 5.97 Å². The van der Waals surface area contributed by atoms with Crippen LogP contribution in [0.2, 0.25) is 0 Å². The number of aromatic nitrogens is 2. The molecule has 4 amide bonds. The molecular weight excluding hydrogens is 614 g/mol. The third kappa shape index (κ3) is 12.8. The minimum atomic E-state index is -1.33. The highest BCUT2D eigenvalue weighted by atomic mass is 16.4. The second kappa shape index (κ2) is 18.9. The molecule has 47 heavy (non-hydrogen) atoms. The van der Waals surface area contributed by atoms with Gasteiger partial charge in [-0.1, -0.05) is 13.8 Å². The van der Waals surface area contributed by atoms with Crippen molar-refractivity contribution < 1.29 is 29.1 Å². The number of carbonyl (C=O) groups is 5. The smallest absolute Gasteiger partial charge is 0.326 e. The summed E-state index contributed by atoms with van der Waals surface area (Å²) in [7, 11) is 0. The highest BCUT2D eigenvalue weighted by Crippen LogP contribution is 2.20. The number of carboxylic acids is 1. The van der Waals surface area contributed by atoms with E-state index >= 15 is 0 Å². The van der Waals surface area contributed by atoms with Crippen molar-refractivity contribution in [3.05, 3.63) is 18.2 Å². The standard InChI is InChI=1S/C28H49N13O6/c1-15(2)21(40-23(43)20-8-5-11-41(20)25(45)17(29)6-3-9-35-27(30)31)24(44)38-18(7-4-10-36-28(32)33)22(42)39-19(26(46)47)12-16-13-34-14-37-16/h13-15,17-21H,3-12,29H2,1-2H3,(H,34,37)(H,38,44)(H,39,42)(H,40,43)(H,46,47)(H4,30,31,35)(H4,32,33,36)/t17-,18-,19-,20-,21-/m0/s1. The van der Waals surface area contributed by atoms with E-state index in [0.717, 1.165) is 0 Å². The van der Waals surface area contributed by atoms with Gasteiger partial charge in [0, 0.05) is 32.3 Å². The molecule has 0 aliphatic carbocycles. The normalized spacial score (nSPS) is 16.8. The Morgan fingerprint density at radius 3 is 2.17 bits per heavy atom. The van der Waals surface area contributed by atoms with E-state index in [1.165, 1.54) is 17.4 Å². The molecule has 0 bridgehead atoms. The molecule has 19 heteroatoms. The molecule has 1 aromatic rings. The van der Waals surface area contributed by atoms with Gasteiger partial charge in [0.1, 0.15) is 24.2 Å². The van der Waals surface area contributed by atoms with Crippen LogP contribution >= 0.6 is 0 Å². The number of amides is 4. The Morgan fingerprint density at radius 1 is 1.00 bits per heavy atom. The molecule has 0 saturated carbocycles. The summed E-state index contributed by atoms with van der Waals surface area (Å²) < 4.78 is 0. The highest BCUT2D eigenvalue weighted by Gasteiger charge is 2.38. The van der Waals surface area contributed by atoms with Crippen molar-refractivity contribution in [2.75, 3.05) is 19.6 Å². The fraction of sp³-hybridized carbons (Fsp3) is 0.643. The molecule has 0 unspecified atom stereocenters. The Bertz CT molecular complexity index is 1240. The number of nitrogens with one attached hydrogen (secondary N) is 8. The maximum Gasteiger partial charge on any atom is 0.326 e. The van der Waals surface area contributed by atoms with Crippen molar-refractivity contribution in [3.63, 3.8) is 0 Å². The van der Waals surface area contributed by atoms with Crippen molar-refractivity contribution in [3.8, 4) is 0 Å². The summed E-state index contributed by atoms with van der Waals surface area (Å²) >= 11 is 0. The second-order valence-corrected chi connectivity index (χ2v) is 11.7. The lowest BCUT2D eigenvalue weighted by Gasteiger charge is -2.30. The Morgan fingerprint density at radius 2 is 1.62 bits per heavy atom. The molecule has 0 aromatic carbocycles. The maximum absolute atomic E-state index is 13.5. The maximum atomic E-state index is 13.5. The molecule has 1 aliphatic heterocycles. The number of carboxylic acid groups (broad SMARTS) is 1. The van der Waals surface area contributed by atoms with Crippen LogP contribution in [0.4, 0.5) is 0 Å². The zero-order chi connectivity index (χ0) is 35.1. The number of hydrogen-bond acceptors (Lipinski definition) is 9. The number of likely N-dealkylation sites (tertiary alicyclic amines) is 1. The van der Waals surface area contributed by atoms with Crippen LogP contribution in [0, 0.1) is 16.7 Å². The summed E-state index contributed by atoms with van der Waals surface area (Å²) in [6, 6.07) is -5.30. The van der Waals surface area contributed by atoms with Gasteiger partial charge in [-0.05, 0) is 44.4 Å². The number of aliphatic carboxylic acids is 1. The number of carbonyl (C=O) groups excluding carboxylic acids is 4. The van der Waals surface area contributed by atoms with Crippen LogP contribution in [-0.2, 0) is 30.4 Å². The Hall–Kier alpha value is -4.94. The van der Waals surface area contributed by atoms with Gasteiger partial charge in [-0.3, -0.25) is 30.0 Å². The molecular formula is C28H49N13O6. The fourth-order valence-electron chi connectivity index (χ4n) is 5.11. The lowest BCUT2D eigenvalue weighted by molar-refractivity contribution is -0.142. The van der Waals surface area contributed by atoms with Crippen LogP contribution < -0.4 is 43.8 Å². The largest absolute Gasteiger partial charge is 0.480 e. The van der Waals surface area contributed by atoms with Crippen molar-refractivity contribution in [1.29, 1.82) is 10.8 Å². The summed E-state index contributed by atoms with van der Waals surface area (Å²) in [6.45, 7) is 4.34. The van der Waals surface area contributed by atoms with Gasteiger partial charge in [-0.15, -0.1) is 0 Å². The van der Waals surface area contributed by atoms with E-state index in [4.69, 9.17) is 28.0 Å². The van der Waals surface area contributed by atoms with Crippen molar-refractivity contribution in [2.24, 2.45) is 23.1 Å². The first-order chi connectivity index (χ1) is 22.2. The van der Waals surface area contributed by atoms with E-state index in [2.05, 4.69) is 36.6 Å². The minimum Gasteiger partial charge on any atom is -0.480 e. The minimum absolute atomic E-state index is 0.0656. The summed E-state index contributed by atoms with van der Waals surface area (Å²) in [5, 5.41) is 37.3. The summed E-state index contributed by atoms with van der Waals surface area (Å²) in [6.07, 6.45) is 4.90. The molecule has 1 fully saturated rings. The van der Waals surface area contributed by atoms with Crippen LogP contribution in [0.1, 0.15) is 58.1 Å². The van der Waals surface area contributed by atoms with Gasteiger partial charge < -0.3 is 58.8 Å². The van der Waals surface area contributed by atoms with Gasteiger partial charge in [-0.25, -0.2) is 9.78 Å². The zero-order valence-electron chi connectivity index (χ0n) is 26.8. The molecule has 0 spiro atoms. The molecule has 0 radical (unpaired) electrons. The third-order valence-electron chi connectivity index (χ3n) is 7.61. The molecule has 2 rings (SSSR count). The summed E-state index contributed by atoms with van der Waals surface area (Å²) in [4.78, 5) is 73.4. The van der Waals surface area contributed by atoms with Crippen LogP contribution in [0.15, 0.2) is 12.5 Å². The Balaban J connectivity index is 2.11. The number of aromatic amines is 1. The number of nitrogens with zero attached hydrogens (tertiary/aromatic N) is 2. The molecule has 262 valence electrons. The summed E-state index contributed by atoms with van der Waals surface area (Å²) in [5.41, 5.74) is 17.1. The van der Waals surface area contributed by atoms with Crippen LogP contribution in [0.3, 0.4) is 0 Å². The molecule has 15 N–H and O–H groups in total. The number of imidazole rings is 1. The lowest BCUT2D eigenvalue weighted by Crippen LogP contribution is -2.59. The monoisotopic (exact) mass is 663 g/mol. The van der Waals surface area contributed by atoms with Crippen molar-refractivity contribution in [2.45, 2.75) is 89.0 Å². The third-order valence-corrected chi connectivity index (χ3v) is 7.61. The number of nitrogens with two attached hydrogens (primary N) is 3. The average Bonchev–Trinajstić information content (AvgIpc) is 3.70. The highest BCUT2D eigenvalue weighted by molar-refractivity contribution is 5.95. The van der Waals surface area contributed by atoms with Crippen molar-refractivity contribution >= 4 is 41.5 Å². The van der Waals surface area contributed by atoms with Crippen LogP contribution in [-0.4, -0.2) is 111 Å². The van der Waals surface area contributed by atoms with E-state index in [1.54, 1.807) is 13.8 Å². The zero-order valence-corrected chi connectivity index (χ0v) is 26.8. The van der Waals surface area contributed by atoms with Gasteiger partial charge in [0.25, 0.3) is 0 Å². The van der Waals surface area contributed by atoms with Crippen LogP contribution in [0.5, 0.6) is 0 Å². The molecule has 2 heterocycles. The average molecular weight is 664 g/mol. The molecule has 5 atom stereocenters. The SMILES string of the molecule is CC(C)[C@H](NC(=O)[C@@H]1CCCN1C(=O)[C@@H](N)CCCNC(=N)N)C(=O)N[C@@H](CCCNC(=N)N)C(=O)N[C@@H](Cc1c[nH]cn1)C(=O)O. The molecule has 1 aliphatic rings. The van der Waals surface area contributed by atoms with E-state index < -0.39 is 65.7 Å². The van der Waals surface area contributed by atoms with Gasteiger partial charge in [0.15, 0.2) is 11.9 Å². The van der Waals surface area contributed by atoms with Gasteiger partial charge in [0.05, 0.1) is 18.1 Å². The number of hydrogen-bond donors (Lipinski definition) is 12. The second-order valence-electron chi connectivity index (χ2n) is 11.7. The quantitative estimate of drug-likeness (QED) is 0.0400. The summed E-state index contributed by atoms with van der Waals surface area (Å²) in [5.74, 6) is -4.52.